The zero-order valence-electron chi connectivity index (χ0n) is 17.4. The molecular formula is C25H25F3N2O. The Morgan fingerprint density at radius 2 is 1.81 bits per heavy atom. The number of amides is 1. The zero-order valence-corrected chi connectivity index (χ0v) is 17.4. The van der Waals surface area contributed by atoms with Crippen molar-refractivity contribution in [1.29, 1.82) is 0 Å². The summed E-state index contributed by atoms with van der Waals surface area (Å²) in [6.07, 6.45) is 3.04. The van der Waals surface area contributed by atoms with E-state index in [9.17, 15) is 18.0 Å². The lowest BCUT2D eigenvalue weighted by Crippen LogP contribution is -2.55. The number of nitrogens with one attached hydrogen (secondary N) is 1. The largest absolute Gasteiger partial charge is 0.416 e. The van der Waals surface area contributed by atoms with E-state index in [1.165, 1.54) is 18.6 Å². The Morgan fingerprint density at radius 3 is 2.45 bits per heavy atom. The normalized spacial score (nSPS) is 24.9. The minimum absolute atomic E-state index is 0.0652. The van der Waals surface area contributed by atoms with Crippen molar-refractivity contribution in [2.45, 2.75) is 57.3 Å². The van der Waals surface area contributed by atoms with Crippen LogP contribution in [0, 0.1) is 5.41 Å². The lowest BCUT2D eigenvalue weighted by molar-refractivity contribution is -0.137. The molecule has 1 aromatic heterocycles. The molecule has 0 unspecified atom stereocenters. The molecule has 3 saturated carbocycles. The number of hydrogen-bond acceptors (Lipinski definition) is 1. The second-order valence-corrected chi connectivity index (χ2v) is 9.32. The number of rotatable bonds is 5. The van der Waals surface area contributed by atoms with Crippen LogP contribution in [0.15, 0.2) is 54.7 Å². The van der Waals surface area contributed by atoms with Crippen LogP contribution < -0.4 is 5.32 Å². The van der Waals surface area contributed by atoms with Crippen LogP contribution in [-0.4, -0.2) is 16.0 Å². The Morgan fingerprint density at radius 1 is 1.06 bits per heavy atom. The topological polar surface area (TPSA) is 34.0 Å². The van der Waals surface area contributed by atoms with Crippen LogP contribution in [0.4, 0.5) is 13.2 Å². The molecule has 0 aliphatic heterocycles. The van der Waals surface area contributed by atoms with Crippen molar-refractivity contribution in [3.8, 4) is 0 Å². The summed E-state index contributed by atoms with van der Waals surface area (Å²) in [6.45, 7) is 2.63. The van der Waals surface area contributed by atoms with E-state index < -0.39 is 11.7 Å². The summed E-state index contributed by atoms with van der Waals surface area (Å²) in [5, 5.41) is 4.26. The summed E-state index contributed by atoms with van der Waals surface area (Å²) in [5.74, 6) is -0.0652. The number of carbonyl (C=O) groups excluding carboxylic acids is 1. The van der Waals surface area contributed by atoms with E-state index in [2.05, 4.69) is 12.2 Å². The highest BCUT2D eigenvalue weighted by Crippen LogP contribution is 2.63. The van der Waals surface area contributed by atoms with Gasteiger partial charge >= 0.3 is 6.18 Å². The summed E-state index contributed by atoms with van der Waals surface area (Å²) >= 11 is 0. The van der Waals surface area contributed by atoms with Gasteiger partial charge < -0.3 is 9.88 Å². The molecule has 0 saturated heterocycles. The van der Waals surface area contributed by atoms with Crippen LogP contribution in [0.25, 0.3) is 10.9 Å². The summed E-state index contributed by atoms with van der Waals surface area (Å²) in [6, 6.07) is 12.8. The predicted octanol–water partition coefficient (Wildman–Crippen LogP) is 6.16. The van der Waals surface area contributed by atoms with E-state index in [0.717, 1.165) is 54.3 Å². The fourth-order valence-electron chi connectivity index (χ4n) is 5.70. The number of para-hydroxylation sites is 1. The van der Waals surface area contributed by atoms with Crippen molar-refractivity contribution in [1.82, 2.24) is 9.88 Å². The van der Waals surface area contributed by atoms with Gasteiger partial charge in [0.15, 0.2) is 0 Å². The van der Waals surface area contributed by atoms with Gasteiger partial charge in [0.2, 0.25) is 0 Å². The molecule has 1 N–H and O–H groups in total. The maximum Gasteiger partial charge on any atom is 0.416 e. The highest BCUT2D eigenvalue weighted by Gasteiger charge is 2.60. The average Bonchev–Trinajstić information content (AvgIpc) is 3.39. The average molecular weight is 426 g/mol. The van der Waals surface area contributed by atoms with Gasteiger partial charge in [-0.3, -0.25) is 4.79 Å². The minimum Gasteiger partial charge on any atom is -0.346 e. The zero-order chi connectivity index (χ0) is 21.9. The maximum absolute atomic E-state index is 13.2. The highest BCUT2D eigenvalue weighted by molar-refractivity contribution is 6.06. The molecule has 6 rings (SSSR count). The van der Waals surface area contributed by atoms with Crippen LogP contribution in [0.3, 0.4) is 0 Å². The molecule has 0 spiro atoms. The molecule has 3 fully saturated rings. The first-order chi connectivity index (χ1) is 14.7. The monoisotopic (exact) mass is 426 g/mol. The third-order valence-electron chi connectivity index (χ3n) is 7.36. The number of carbonyl (C=O) groups is 1. The Bertz CT molecular complexity index is 1140. The molecule has 3 aromatic rings. The molecular weight excluding hydrogens is 401 g/mol. The third-order valence-corrected chi connectivity index (χ3v) is 7.36. The van der Waals surface area contributed by atoms with Crippen LogP contribution in [0.5, 0.6) is 0 Å². The summed E-state index contributed by atoms with van der Waals surface area (Å²) in [7, 11) is 0. The molecule has 3 aliphatic rings. The maximum atomic E-state index is 13.2. The molecule has 0 radical (unpaired) electrons. The second kappa shape index (κ2) is 6.87. The SMILES string of the molecule is CCC12CCC(NC(=O)c3cccc4ccn(Cc5ccc(C(F)(F)F)cc5)c34)(C1)C2. The van der Waals surface area contributed by atoms with Gasteiger partial charge in [0.25, 0.3) is 5.91 Å². The Balaban J connectivity index is 1.41. The van der Waals surface area contributed by atoms with Crippen molar-refractivity contribution < 1.29 is 18.0 Å². The third kappa shape index (κ3) is 3.42. The van der Waals surface area contributed by atoms with E-state index in [0.29, 0.717) is 17.5 Å². The van der Waals surface area contributed by atoms with Gasteiger partial charge in [-0.05, 0) is 60.9 Å². The predicted molar refractivity (Wildman–Crippen MR) is 114 cm³/mol. The fraction of sp³-hybridized carbons (Fsp3) is 0.400. The first kappa shape index (κ1) is 20.2. The number of halogens is 3. The fourth-order valence-corrected chi connectivity index (χ4v) is 5.70. The molecule has 3 nitrogen and oxygen atoms in total. The van der Waals surface area contributed by atoms with Gasteiger partial charge in [0.05, 0.1) is 16.6 Å². The smallest absolute Gasteiger partial charge is 0.346 e. The first-order valence-electron chi connectivity index (χ1n) is 10.8. The molecule has 0 atom stereocenters. The van der Waals surface area contributed by atoms with Gasteiger partial charge in [-0.25, -0.2) is 0 Å². The van der Waals surface area contributed by atoms with Crippen LogP contribution in [-0.2, 0) is 12.7 Å². The molecule has 3 aliphatic carbocycles. The number of fused-ring (bicyclic) bond motifs is 2. The van der Waals surface area contributed by atoms with E-state index in [4.69, 9.17) is 0 Å². The number of hydrogen-bond donors (Lipinski definition) is 1. The van der Waals surface area contributed by atoms with Gasteiger partial charge in [0.1, 0.15) is 0 Å². The van der Waals surface area contributed by atoms with E-state index in [1.807, 2.05) is 35.0 Å². The molecule has 162 valence electrons. The van der Waals surface area contributed by atoms with Gasteiger partial charge in [-0.15, -0.1) is 0 Å². The van der Waals surface area contributed by atoms with E-state index >= 15 is 0 Å². The summed E-state index contributed by atoms with van der Waals surface area (Å²) < 4.78 is 40.5. The Labute approximate surface area is 179 Å². The molecule has 2 bridgehead atoms. The molecule has 31 heavy (non-hydrogen) atoms. The van der Waals surface area contributed by atoms with Crippen molar-refractivity contribution in [3.63, 3.8) is 0 Å². The van der Waals surface area contributed by atoms with Crippen molar-refractivity contribution in [3.05, 3.63) is 71.4 Å². The van der Waals surface area contributed by atoms with Gasteiger partial charge in [0, 0.05) is 23.7 Å². The van der Waals surface area contributed by atoms with Crippen LogP contribution >= 0.6 is 0 Å². The molecule has 1 heterocycles. The number of benzene rings is 2. The lowest BCUT2D eigenvalue weighted by Gasteiger charge is -2.47. The van der Waals surface area contributed by atoms with Crippen molar-refractivity contribution in [2.24, 2.45) is 5.41 Å². The second-order valence-electron chi connectivity index (χ2n) is 9.32. The van der Waals surface area contributed by atoms with Crippen LogP contribution in [0.1, 0.15) is 60.5 Å². The highest BCUT2D eigenvalue weighted by atomic mass is 19.4. The van der Waals surface area contributed by atoms with E-state index in [1.54, 1.807) is 0 Å². The first-order valence-corrected chi connectivity index (χ1v) is 10.8. The Kier molecular flexibility index (Phi) is 4.47. The van der Waals surface area contributed by atoms with Crippen molar-refractivity contribution >= 4 is 16.8 Å². The summed E-state index contributed by atoms with van der Waals surface area (Å²) in [5.41, 5.74) is 1.87. The summed E-state index contributed by atoms with van der Waals surface area (Å²) in [4.78, 5) is 13.2. The standard InChI is InChI=1S/C25H25F3N2O/c1-2-23-11-12-24(15-23,16-23)29-22(31)20-5-3-4-18-10-13-30(21(18)20)14-17-6-8-19(9-7-17)25(26,27)28/h3-10,13H,2,11-12,14-16H2,1H3,(H,29,31). The van der Waals surface area contributed by atoms with Gasteiger partial charge in [-0.2, -0.15) is 13.2 Å². The molecule has 1 amide bonds. The van der Waals surface area contributed by atoms with Gasteiger partial charge in [-0.1, -0.05) is 37.6 Å². The minimum atomic E-state index is -4.35. The quantitative estimate of drug-likeness (QED) is 0.521. The molecule has 2 aromatic carbocycles. The number of alkyl halides is 3. The number of aromatic nitrogens is 1. The number of nitrogens with zero attached hydrogens (tertiary/aromatic N) is 1. The van der Waals surface area contributed by atoms with E-state index in [-0.39, 0.29) is 11.4 Å². The van der Waals surface area contributed by atoms with Crippen LogP contribution in [0.2, 0.25) is 0 Å². The van der Waals surface area contributed by atoms with Crippen molar-refractivity contribution in [2.75, 3.05) is 0 Å². The Hall–Kier alpha value is -2.76. The lowest BCUT2D eigenvalue weighted by atomic mass is 9.63. The molecule has 6 heteroatoms.